The van der Waals surface area contributed by atoms with E-state index in [-0.39, 0.29) is 11.3 Å². The molecule has 0 saturated heterocycles. The lowest BCUT2D eigenvalue weighted by Gasteiger charge is -2.29. The Balaban J connectivity index is 2.17. The number of nitro benzene ring substituents is 1. The molecule has 1 aromatic rings. The number of benzene rings is 1. The molecule has 2 unspecified atom stereocenters. The molecule has 1 saturated carbocycles. The Labute approximate surface area is 121 Å². The minimum atomic E-state index is -0.942. The maximum Gasteiger partial charge on any atom is 0.308 e. The van der Waals surface area contributed by atoms with Gasteiger partial charge in [-0.25, -0.2) is 0 Å². The molecule has 0 heterocycles. The van der Waals surface area contributed by atoms with Crippen LogP contribution in [0.5, 0.6) is 0 Å². The Bertz CT molecular complexity index is 572. The molecule has 2 atom stereocenters. The first kappa shape index (κ1) is 15.0. The number of nitrogens with one attached hydrogen (secondary N) is 1. The molecular formula is C14H16N2O5. The van der Waals surface area contributed by atoms with Crippen molar-refractivity contribution in [3.63, 3.8) is 0 Å². The highest BCUT2D eigenvalue weighted by Crippen LogP contribution is 2.26. The Hall–Kier alpha value is -2.44. The van der Waals surface area contributed by atoms with E-state index in [1.165, 1.54) is 24.3 Å². The van der Waals surface area contributed by atoms with Gasteiger partial charge in [-0.15, -0.1) is 0 Å². The third-order valence-corrected chi connectivity index (χ3v) is 3.75. The molecule has 0 aliphatic heterocycles. The van der Waals surface area contributed by atoms with Gasteiger partial charge >= 0.3 is 5.97 Å². The van der Waals surface area contributed by atoms with E-state index in [0.29, 0.717) is 12.8 Å². The van der Waals surface area contributed by atoms with Crippen LogP contribution in [0.15, 0.2) is 24.3 Å². The van der Waals surface area contributed by atoms with Gasteiger partial charge in [0.2, 0.25) is 0 Å². The maximum atomic E-state index is 12.2. The van der Waals surface area contributed by atoms with Gasteiger partial charge in [0.1, 0.15) is 5.56 Å². The second-order valence-corrected chi connectivity index (χ2v) is 5.08. The molecule has 0 spiro atoms. The van der Waals surface area contributed by atoms with Crippen molar-refractivity contribution in [3.8, 4) is 0 Å². The van der Waals surface area contributed by atoms with Crippen LogP contribution in [0.1, 0.15) is 36.0 Å². The SMILES string of the molecule is O=C(NC1CCCCC1C(=O)O)c1ccccc1[N+](=O)[O-]. The Kier molecular flexibility index (Phi) is 4.52. The Morgan fingerprint density at radius 2 is 1.90 bits per heavy atom. The van der Waals surface area contributed by atoms with Crippen LogP contribution in [-0.4, -0.2) is 27.9 Å². The van der Waals surface area contributed by atoms with Crippen molar-refractivity contribution in [2.24, 2.45) is 5.92 Å². The second-order valence-electron chi connectivity index (χ2n) is 5.08. The van der Waals surface area contributed by atoms with Crippen molar-refractivity contribution in [2.75, 3.05) is 0 Å². The number of carboxylic acid groups (broad SMARTS) is 1. The van der Waals surface area contributed by atoms with Crippen molar-refractivity contribution in [3.05, 3.63) is 39.9 Å². The number of rotatable bonds is 4. The summed E-state index contributed by atoms with van der Waals surface area (Å²) in [6, 6.07) is 5.16. The van der Waals surface area contributed by atoms with Gasteiger partial charge in [-0.3, -0.25) is 19.7 Å². The summed E-state index contributed by atoms with van der Waals surface area (Å²) in [7, 11) is 0. The summed E-state index contributed by atoms with van der Waals surface area (Å²) >= 11 is 0. The molecule has 1 amide bonds. The van der Waals surface area contributed by atoms with E-state index in [9.17, 15) is 24.8 Å². The van der Waals surface area contributed by atoms with Crippen molar-refractivity contribution >= 4 is 17.6 Å². The van der Waals surface area contributed by atoms with Crippen molar-refractivity contribution in [1.29, 1.82) is 0 Å². The van der Waals surface area contributed by atoms with E-state index in [4.69, 9.17) is 0 Å². The van der Waals surface area contributed by atoms with Gasteiger partial charge < -0.3 is 10.4 Å². The zero-order valence-corrected chi connectivity index (χ0v) is 11.3. The summed E-state index contributed by atoms with van der Waals surface area (Å²) in [5.74, 6) is -2.17. The van der Waals surface area contributed by atoms with E-state index in [0.717, 1.165) is 12.8 Å². The van der Waals surface area contributed by atoms with Crippen LogP contribution < -0.4 is 5.32 Å². The molecule has 1 aliphatic rings. The molecule has 7 heteroatoms. The third-order valence-electron chi connectivity index (χ3n) is 3.75. The average Bonchev–Trinajstić information content (AvgIpc) is 2.47. The second kappa shape index (κ2) is 6.34. The molecule has 21 heavy (non-hydrogen) atoms. The number of nitrogens with zero attached hydrogens (tertiary/aromatic N) is 1. The number of amides is 1. The van der Waals surface area contributed by atoms with Crippen LogP contribution in [0, 0.1) is 16.0 Å². The molecule has 0 bridgehead atoms. The van der Waals surface area contributed by atoms with E-state index in [2.05, 4.69) is 5.32 Å². The predicted molar refractivity (Wildman–Crippen MR) is 73.9 cm³/mol. The Morgan fingerprint density at radius 3 is 2.57 bits per heavy atom. The molecule has 2 rings (SSSR count). The summed E-state index contributed by atoms with van der Waals surface area (Å²) in [4.78, 5) is 33.7. The van der Waals surface area contributed by atoms with Gasteiger partial charge in [-0.1, -0.05) is 25.0 Å². The van der Waals surface area contributed by atoms with Crippen LogP contribution in [0.25, 0.3) is 0 Å². The topological polar surface area (TPSA) is 110 Å². The zero-order chi connectivity index (χ0) is 15.4. The van der Waals surface area contributed by atoms with Crippen LogP contribution in [0.4, 0.5) is 5.69 Å². The van der Waals surface area contributed by atoms with Gasteiger partial charge in [-0.05, 0) is 18.9 Å². The number of carbonyl (C=O) groups is 2. The first-order chi connectivity index (χ1) is 10.0. The fourth-order valence-electron chi connectivity index (χ4n) is 2.67. The van der Waals surface area contributed by atoms with E-state index >= 15 is 0 Å². The number of carbonyl (C=O) groups excluding carboxylic acids is 1. The molecule has 112 valence electrons. The predicted octanol–water partition coefficient (Wildman–Crippen LogP) is 1.97. The molecule has 1 fully saturated rings. The molecule has 1 aliphatic carbocycles. The van der Waals surface area contributed by atoms with Crippen molar-refractivity contribution in [1.82, 2.24) is 5.32 Å². The highest BCUT2D eigenvalue weighted by atomic mass is 16.6. The molecule has 2 N–H and O–H groups in total. The minimum absolute atomic E-state index is 0.0442. The van der Waals surface area contributed by atoms with Gasteiger partial charge in [0.25, 0.3) is 11.6 Å². The number of hydrogen-bond acceptors (Lipinski definition) is 4. The fourth-order valence-corrected chi connectivity index (χ4v) is 2.67. The Morgan fingerprint density at radius 1 is 1.24 bits per heavy atom. The fraction of sp³-hybridized carbons (Fsp3) is 0.429. The number of nitro groups is 1. The smallest absolute Gasteiger partial charge is 0.308 e. The first-order valence-corrected chi connectivity index (χ1v) is 6.78. The number of aliphatic carboxylic acids is 1. The molecule has 0 aromatic heterocycles. The highest BCUT2D eigenvalue weighted by Gasteiger charge is 2.33. The number of hydrogen-bond donors (Lipinski definition) is 2. The lowest BCUT2D eigenvalue weighted by Crippen LogP contribution is -2.45. The summed E-state index contributed by atoms with van der Waals surface area (Å²) in [6.45, 7) is 0. The minimum Gasteiger partial charge on any atom is -0.481 e. The zero-order valence-electron chi connectivity index (χ0n) is 11.3. The van der Waals surface area contributed by atoms with Crippen LogP contribution >= 0.6 is 0 Å². The number of carboxylic acids is 1. The molecular weight excluding hydrogens is 276 g/mol. The van der Waals surface area contributed by atoms with E-state index in [1.807, 2.05) is 0 Å². The summed E-state index contributed by atoms with van der Waals surface area (Å²) in [5, 5.41) is 22.7. The summed E-state index contributed by atoms with van der Waals surface area (Å²) in [6.07, 6.45) is 2.74. The lowest BCUT2D eigenvalue weighted by atomic mass is 9.84. The highest BCUT2D eigenvalue weighted by molar-refractivity contribution is 5.98. The third kappa shape index (κ3) is 3.36. The van der Waals surface area contributed by atoms with E-state index in [1.54, 1.807) is 0 Å². The normalized spacial score (nSPS) is 21.5. The molecule has 7 nitrogen and oxygen atoms in total. The van der Waals surface area contributed by atoms with E-state index < -0.39 is 28.8 Å². The number of para-hydroxylation sites is 1. The van der Waals surface area contributed by atoms with Crippen molar-refractivity contribution in [2.45, 2.75) is 31.7 Å². The van der Waals surface area contributed by atoms with Crippen LogP contribution in [-0.2, 0) is 4.79 Å². The van der Waals surface area contributed by atoms with Crippen molar-refractivity contribution < 1.29 is 19.6 Å². The van der Waals surface area contributed by atoms with Gasteiger partial charge in [-0.2, -0.15) is 0 Å². The first-order valence-electron chi connectivity index (χ1n) is 6.78. The maximum absolute atomic E-state index is 12.2. The van der Waals surface area contributed by atoms with Crippen LogP contribution in [0.3, 0.4) is 0 Å². The largest absolute Gasteiger partial charge is 0.481 e. The van der Waals surface area contributed by atoms with Crippen LogP contribution in [0.2, 0.25) is 0 Å². The molecule has 0 radical (unpaired) electrons. The standard InChI is InChI=1S/C14H16N2O5/c17-13(10-6-2-4-8-12(10)16(20)21)15-11-7-3-1-5-9(11)14(18)19/h2,4,6,8-9,11H,1,3,5,7H2,(H,15,17)(H,18,19). The monoisotopic (exact) mass is 292 g/mol. The lowest BCUT2D eigenvalue weighted by molar-refractivity contribution is -0.385. The molecule has 1 aromatic carbocycles. The van der Waals surface area contributed by atoms with Gasteiger partial charge in [0, 0.05) is 12.1 Å². The van der Waals surface area contributed by atoms with Gasteiger partial charge in [0.05, 0.1) is 10.8 Å². The quantitative estimate of drug-likeness (QED) is 0.651. The summed E-state index contributed by atoms with van der Waals surface area (Å²) in [5.41, 5.74) is -0.324. The van der Waals surface area contributed by atoms with Gasteiger partial charge in [0.15, 0.2) is 0 Å². The average molecular weight is 292 g/mol. The summed E-state index contributed by atoms with van der Waals surface area (Å²) < 4.78 is 0.